The van der Waals surface area contributed by atoms with Crippen LogP contribution < -0.4 is 5.32 Å². The normalized spacial score (nSPS) is 15.9. The van der Waals surface area contributed by atoms with E-state index >= 15 is 0 Å². The molecule has 0 aromatic carbocycles. The lowest BCUT2D eigenvalue weighted by Crippen LogP contribution is -2.14. The molecule has 0 unspecified atom stereocenters. The molecule has 7 heteroatoms. The molecule has 7 nitrogen and oxygen atoms in total. The predicted octanol–water partition coefficient (Wildman–Crippen LogP) is 1.97. The van der Waals surface area contributed by atoms with Crippen molar-refractivity contribution in [1.82, 2.24) is 34.4 Å². The molecule has 0 saturated carbocycles. The van der Waals surface area contributed by atoms with E-state index in [1.807, 2.05) is 30.3 Å². The summed E-state index contributed by atoms with van der Waals surface area (Å²) in [7, 11) is 1.99. The number of hydrogen-bond donors (Lipinski definition) is 1. The summed E-state index contributed by atoms with van der Waals surface area (Å²) in [5.41, 5.74) is 3.35. The number of aromatic nitrogens is 6. The Morgan fingerprint density at radius 1 is 1.33 bits per heavy atom. The molecule has 1 aliphatic rings. The summed E-state index contributed by atoms with van der Waals surface area (Å²) in [4.78, 5) is 4.60. The van der Waals surface area contributed by atoms with E-state index < -0.39 is 0 Å². The van der Waals surface area contributed by atoms with Gasteiger partial charge in [-0.25, -0.2) is 4.98 Å². The Morgan fingerprint density at radius 2 is 2.25 bits per heavy atom. The molecule has 126 valence electrons. The van der Waals surface area contributed by atoms with Crippen molar-refractivity contribution in [3.05, 3.63) is 42.1 Å². The molecule has 0 fully saturated rings. The second-order valence-electron chi connectivity index (χ2n) is 6.24. The van der Waals surface area contributed by atoms with Gasteiger partial charge in [0.05, 0.1) is 17.4 Å². The third-order valence-electron chi connectivity index (χ3n) is 4.71. The minimum Gasteiger partial charge on any atom is -0.321 e. The van der Waals surface area contributed by atoms with Crippen molar-refractivity contribution in [2.75, 3.05) is 6.54 Å². The van der Waals surface area contributed by atoms with Crippen LogP contribution in [0.1, 0.15) is 37.2 Å². The highest BCUT2D eigenvalue weighted by Gasteiger charge is 2.21. The van der Waals surface area contributed by atoms with Gasteiger partial charge >= 0.3 is 0 Å². The Bertz CT molecular complexity index is 802. The monoisotopic (exact) mass is 325 g/mol. The van der Waals surface area contributed by atoms with Gasteiger partial charge in [-0.05, 0) is 31.5 Å². The number of nitrogens with one attached hydrogen (secondary N) is 1. The van der Waals surface area contributed by atoms with Crippen molar-refractivity contribution < 1.29 is 0 Å². The van der Waals surface area contributed by atoms with Gasteiger partial charge in [0, 0.05) is 38.7 Å². The number of imidazole rings is 1. The summed E-state index contributed by atoms with van der Waals surface area (Å²) in [5, 5.41) is 12.6. The molecule has 1 aliphatic heterocycles. The van der Waals surface area contributed by atoms with Crippen LogP contribution in [0.3, 0.4) is 0 Å². The van der Waals surface area contributed by atoms with Crippen LogP contribution in [-0.4, -0.2) is 35.7 Å². The van der Waals surface area contributed by atoms with Gasteiger partial charge in [0.25, 0.3) is 0 Å². The molecule has 0 amide bonds. The Balaban J connectivity index is 1.74. The Hall–Kier alpha value is -2.41. The smallest absolute Gasteiger partial charge is 0.161 e. The average molecular weight is 325 g/mol. The van der Waals surface area contributed by atoms with E-state index in [2.05, 4.69) is 43.7 Å². The lowest BCUT2D eigenvalue weighted by molar-refractivity contribution is 0.521. The number of hydrogen-bond acceptors (Lipinski definition) is 4. The van der Waals surface area contributed by atoms with Gasteiger partial charge in [0.2, 0.25) is 0 Å². The lowest BCUT2D eigenvalue weighted by atomic mass is 10.1. The van der Waals surface area contributed by atoms with Crippen molar-refractivity contribution >= 4 is 0 Å². The van der Waals surface area contributed by atoms with Gasteiger partial charge in [0.15, 0.2) is 5.82 Å². The fourth-order valence-corrected chi connectivity index (χ4v) is 3.49. The van der Waals surface area contributed by atoms with Crippen LogP contribution in [0.15, 0.2) is 30.7 Å². The van der Waals surface area contributed by atoms with Gasteiger partial charge in [-0.15, -0.1) is 0 Å². The molecule has 0 bridgehead atoms. The number of nitrogens with zero attached hydrogens (tertiary/aromatic N) is 6. The molecule has 0 aliphatic carbocycles. The summed E-state index contributed by atoms with van der Waals surface area (Å²) in [6.07, 6.45) is 7.82. The van der Waals surface area contributed by atoms with Crippen LogP contribution in [0.5, 0.6) is 0 Å². The first-order chi connectivity index (χ1) is 11.8. The first-order valence-electron chi connectivity index (χ1n) is 8.56. The van der Waals surface area contributed by atoms with Crippen LogP contribution in [0.2, 0.25) is 0 Å². The third-order valence-corrected chi connectivity index (χ3v) is 4.71. The predicted molar refractivity (Wildman–Crippen MR) is 91.4 cm³/mol. The summed E-state index contributed by atoms with van der Waals surface area (Å²) in [6, 6.07) is 4.44. The van der Waals surface area contributed by atoms with Gasteiger partial charge in [-0.2, -0.15) is 10.2 Å². The van der Waals surface area contributed by atoms with Crippen LogP contribution in [0.4, 0.5) is 0 Å². The highest BCUT2D eigenvalue weighted by atomic mass is 15.3. The molecule has 0 spiro atoms. The van der Waals surface area contributed by atoms with Gasteiger partial charge in [-0.1, -0.05) is 6.92 Å². The van der Waals surface area contributed by atoms with E-state index in [-0.39, 0.29) is 6.04 Å². The molecule has 1 atom stereocenters. The van der Waals surface area contributed by atoms with E-state index in [0.717, 1.165) is 44.0 Å². The SMILES string of the molecule is CC[C@@H](c1ccnn1C)n1ccnc1-c1cc2n(n1)CCCNC2. The molecule has 4 heterocycles. The van der Waals surface area contributed by atoms with E-state index in [4.69, 9.17) is 5.10 Å². The van der Waals surface area contributed by atoms with Crippen LogP contribution >= 0.6 is 0 Å². The van der Waals surface area contributed by atoms with Gasteiger partial charge < -0.3 is 9.88 Å². The topological polar surface area (TPSA) is 65.5 Å². The maximum absolute atomic E-state index is 4.81. The van der Waals surface area contributed by atoms with Crippen LogP contribution in [0.25, 0.3) is 11.5 Å². The number of aryl methyl sites for hydroxylation is 2. The zero-order chi connectivity index (χ0) is 16.5. The maximum Gasteiger partial charge on any atom is 0.161 e. The molecule has 0 saturated heterocycles. The van der Waals surface area contributed by atoms with E-state index in [0.29, 0.717) is 0 Å². The summed E-state index contributed by atoms with van der Waals surface area (Å²) >= 11 is 0. The molecule has 0 radical (unpaired) electrons. The minimum absolute atomic E-state index is 0.203. The highest BCUT2D eigenvalue weighted by molar-refractivity contribution is 5.51. The van der Waals surface area contributed by atoms with Crippen LogP contribution in [-0.2, 0) is 20.1 Å². The van der Waals surface area contributed by atoms with E-state index in [1.165, 1.54) is 11.4 Å². The lowest BCUT2D eigenvalue weighted by Gasteiger charge is -2.19. The summed E-state index contributed by atoms with van der Waals surface area (Å²) in [5.74, 6) is 0.920. The summed E-state index contributed by atoms with van der Waals surface area (Å²) < 4.78 is 6.26. The molecule has 3 aromatic heterocycles. The molecule has 3 aromatic rings. The molecule has 4 rings (SSSR count). The van der Waals surface area contributed by atoms with Crippen molar-refractivity contribution in [1.29, 1.82) is 0 Å². The maximum atomic E-state index is 4.81. The fraction of sp³-hybridized carbons (Fsp3) is 0.471. The highest BCUT2D eigenvalue weighted by Crippen LogP contribution is 2.27. The third kappa shape index (κ3) is 2.54. The molecular formula is C17H23N7. The van der Waals surface area contributed by atoms with Crippen molar-refractivity contribution in [3.63, 3.8) is 0 Å². The number of rotatable bonds is 4. The van der Waals surface area contributed by atoms with Crippen molar-refractivity contribution in [2.45, 2.75) is 38.9 Å². The largest absolute Gasteiger partial charge is 0.321 e. The Labute approximate surface area is 141 Å². The second kappa shape index (κ2) is 6.24. The fourth-order valence-electron chi connectivity index (χ4n) is 3.49. The molecule has 1 N–H and O–H groups in total. The van der Waals surface area contributed by atoms with E-state index in [1.54, 1.807) is 0 Å². The standard InChI is InChI=1S/C17H23N7/c1-3-15(16-5-7-20-22(16)2)23-10-8-19-17(23)14-11-13-12-18-6-4-9-24(13)21-14/h5,7-8,10-11,15,18H,3-4,6,9,12H2,1-2H3/t15-/m0/s1. The zero-order valence-electron chi connectivity index (χ0n) is 14.2. The Kier molecular flexibility index (Phi) is 3.93. The van der Waals surface area contributed by atoms with Gasteiger partial charge in [0.1, 0.15) is 5.69 Å². The zero-order valence-corrected chi connectivity index (χ0v) is 14.2. The Morgan fingerprint density at radius 3 is 3.04 bits per heavy atom. The van der Waals surface area contributed by atoms with Gasteiger partial charge in [-0.3, -0.25) is 9.36 Å². The minimum atomic E-state index is 0.203. The number of fused-ring (bicyclic) bond motifs is 1. The van der Waals surface area contributed by atoms with Crippen LogP contribution in [0, 0.1) is 0 Å². The first kappa shape index (κ1) is 15.1. The average Bonchev–Trinajstić information content (AvgIpc) is 3.28. The van der Waals surface area contributed by atoms with Crippen molar-refractivity contribution in [3.8, 4) is 11.5 Å². The first-order valence-corrected chi connectivity index (χ1v) is 8.56. The summed E-state index contributed by atoms with van der Waals surface area (Å²) in [6.45, 7) is 5.06. The molecule has 24 heavy (non-hydrogen) atoms. The van der Waals surface area contributed by atoms with E-state index in [9.17, 15) is 0 Å². The quantitative estimate of drug-likeness (QED) is 0.796. The molecular weight excluding hydrogens is 302 g/mol. The van der Waals surface area contributed by atoms with Crippen molar-refractivity contribution in [2.24, 2.45) is 7.05 Å². The second-order valence-corrected chi connectivity index (χ2v) is 6.24.